The van der Waals surface area contributed by atoms with Crippen LogP contribution in [0.2, 0.25) is 0 Å². The fourth-order valence-corrected chi connectivity index (χ4v) is 6.38. The van der Waals surface area contributed by atoms with E-state index in [0.717, 1.165) is 23.7 Å². The average molecular weight is 547 g/mol. The number of carbonyl (C=O) groups is 2. The monoisotopic (exact) mass is 546 g/mol. The maximum absolute atomic E-state index is 13.6. The van der Waals surface area contributed by atoms with Gasteiger partial charge >= 0.3 is 6.18 Å². The Hall–Kier alpha value is -4.07. The smallest absolute Gasteiger partial charge is 0.418 e. The highest BCUT2D eigenvalue weighted by Crippen LogP contribution is 2.47. The number of rotatable bonds is 5. The lowest BCUT2D eigenvalue weighted by molar-refractivity contribution is -0.137. The van der Waals surface area contributed by atoms with E-state index in [2.05, 4.69) is 25.2 Å². The molecule has 1 saturated carbocycles. The van der Waals surface area contributed by atoms with E-state index in [1.807, 2.05) is 24.3 Å². The summed E-state index contributed by atoms with van der Waals surface area (Å²) in [6.45, 7) is 4.62. The molecule has 3 aromatic carbocycles. The minimum atomic E-state index is -4.72. The lowest BCUT2D eigenvalue weighted by Gasteiger charge is -2.34. The second-order valence-electron chi connectivity index (χ2n) is 11.1. The number of halogens is 3. The lowest BCUT2D eigenvalue weighted by Crippen LogP contribution is -2.31. The Kier molecular flexibility index (Phi) is 6.44. The molecule has 0 radical (unpaired) electrons. The Morgan fingerprint density at radius 3 is 2.33 bits per heavy atom. The molecule has 0 saturated heterocycles. The molecule has 5 nitrogen and oxygen atoms in total. The summed E-state index contributed by atoms with van der Waals surface area (Å²) in [5.41, 5.74) is 0.729. The summed E-state index contributed by atoms with van der Waals surface area (Å²) in [4.78, 5) is 26.6. The van der Waals surface area contributed by atoms with Crippen LogP contribution in [-0.2, 0) is 6.18 Å². The van der Waals surface area contributed by atoms with Crippen molar-refractivity contribution in [1.29, 1.82) is 0 Å². The average Bonchev–Trinajstić information content (AvgIpc) is 3.36. The minimum Gasteiger partial charge on any atom is -0.457 e. The predicted molar refractivity (Wildman–Crippen MR) is 146 cm³/mol. The zero-order valence-corrected chi connectivity index (χ0v) is 22.2. The van der Waals surface area contributed by atoms with E-state index in [4.69, 9.17) is 4.74 Å². The van der Waals surface area contributed by atoms with Gasteiger partial charge in [-0.05, 0) is 85.2 Å². The summed E-state index contributed by atoms with van der Waals surface area (Å²) in [5.74, 6) is 1.76. The molecule has 1 N–H and O–H groups in total. The first-order valence-electron chi connectivity index (χ1n) is 13.6. The van der Waals surface area contributed by atoms with Crippen molar-refractivity contribution in [3.05, 3.63) is 95.2 Å². The summed E-state index contributed by atoms with van der Waals surface area (Å²) in [5, 5.41) is 3.60. The number of imide groups is 1. The van der Waals surface area contributed by atoms with Crippen molar-refractivity contribution >= 4 is 23.2 Å². The molecule has 40 heavy (non-hydrogen) atoms. The number of alkyl halides is 3. The molecule has 1 aliphatic heterocycles. The molecule has 1 unspecified atom stereocenters. The Morgan fingerprint density at radius 1 is 0.875 bits per heavy atom. The van der Waals surface area contributed by atoms with Gasteiger partial charge in [0, 0.05) is 17.3 Å². The van der Waals surface area contributed by atoms with Crippen LogP contribution in [0.5, 0.6) is 11.5 Å². The van der Waals surface area contributed by atoms with Crippen molar-refractivity contribution in [3.63, 3.8) is 0 Å². The topological polar surface area (TPSA) is 58.6 Å². The van der Waals surface area contributed by atoms with Gasteiger partial charge < -0.3 is 10.1 Å². The van der Waals surface area contributed by atoms with Crippen molar-refractivity contribution in [1.82, 2.24) is 0 Å². The van der Waals surface area contributed by atoms with E-state index in [1.54, 1.807) is 0 Å². The van der Waals surface area contributed by atoms with Crippen molar-refractivity contribution in [2.75, 3.05) is 10.2 Å². The largest absolute Gasteiger partial charge is 0.457 e. The molecule has 4 atom stereocenters. The van der Waals surface area contributed by atoms with Gasteiger partial charge in [-0.3, -0.25) is 9.59 Å². The van der Waals surface area contributed by atoms with Crippen LogP contribution in [0, 0.1) is 23.7 Å². The number of nitrogens with zero attached hydrogens (tertiary/aromatic N) is 1. The third-order valence-electron chi connectivity index (χ3n) is 8.37. The molecule has 1 fully saturated rings. The standard InChI is InChI=1S/C32H29F3N2O3/c1-18-7-13-23-19(2)16-28(25(23)15-18)36-20-8-10-21(11-9-20)40-22-12-14-24-26(17-22)31(39)37(30(24)38)29-6-4-3-5-27(29)32(33,34)35/h3-6,8-12,14,16-19,23,25,36H,7,13,15H2,1-2H3/t18-,19?,23+,25-/m1/s1. The van der Waals surface area contributed by atoms with Gasteiger partial charge in [0.25, 0.3) is 11.8 Å². The molecule has 0 spiro atoms. The highest BCUT2D eigenvalue weighted by Gasteiger charge is 2.43. The molecule has 6 rings (SSSR count). The summed E-state index contributed by atoms with van der Waals surface area (Å²) < 4.78 is 46.6. The first kappa shape index (κ1) is 26.2. The van der Waals surface area contributed by atoms with Gasteiger partial charge in [0.1, 0.15) is 11.5 Å². The number of anilines is 2. The van der Waals surface area contributed by atoms with E-state index in [-0.39, 0.29) is 11.1 Å². The number of amides is 2. The van der Waals surface area contributed by atoms with Crippen molar-refractivity contribution < 1.29 is 27.5 Å². The van der Waals surface area contributed by atoms with Gasteiger partial charge in [0.15, 0.2) is 0 Å². The molecule has 0 aromatic heterocycles. The van der Waals surface area contributed by atoms with E-state index < -0.39 is 29.2 Å². The van der Waals surface area contributed by atoms with Gasteiger partial charge in [0.05, 0.1) is 22.4 Å². The number of hydrogen-bond acceptors (Lipinski definition) is 4. The second-order valence-corrected chi connectivity index (χ2v) is 11.1. The Bertz CT molecular complexity index is 1510. The molecule has 206 valence electrons. The van der Waals surface area contributed by atoms with Crippen LogP contribution in [0.3, 0.4) is 0 Å². The highest BCUT2D eigenvalue weighted by atomic mass is 19.4. The molecule has 3 aromatic rings. The molecular formula is C32H29F3N2O3. The number of allylic oxidation sites excluding steroid dienone is 2. The maximum Gasteiger partial charge on any atom is 0.418 e. The quantitative estimate of drug-likeness (QED) is 0.327. The van der Waals surface area contributed by atoms with Crippen molar-refractivity contribution in [2.45, 2.75) is 39.3 Å². The van der Waals surface area contributed by atoms with Crippen LogP contribution in [-0.4, -0.2) is 11.8 Å². The van der Waals surface area contributed by atoms with Crippen LogP contribution in [0.25, 0.3) is 0 Å². The fourth-order valence-electron chi connectivity index (χ4n) is 6.38. The number of fused-ring (bicyclic) bond motifs is 2. The number of carbonyl (C=O) groups excluding carboxylic acids is 2. The van der Waals surface area contributed by atoms with Gasteiger partial charge in [-0.25, -0.2) is 4.90 Å². The number of ether oxygens (including phenoxy) is 1. The fraction of sp³-hybridized carbons (Fsp3) is 0.312. The van der Waals surface area contributed by atoms with E-state index in [0.29, 0.717) is 34.2 Å². The molecular weight excluding hydrogens is 517 g/mol. The van der Waals surface area contributed by atoms with Gasteiger partial charge in [-0.15, -0.1) is 0 Å². The Morgan fingerprint density at radius 2 is 1.57 bits per heavy atom. The van der Waals surface area contributed by atoms with Crippen LogP contribution >= 0.6 is 0 Å². The van der Waals surface area contributed by atoms with E-state index in [9.17, 15) is 22.8 Å². The van der Waals surface area contributed by atoms with Crippen molar-refractivity contribution in [2.24, 2.45) is 23.7 Å². The highest BCUT2D eigenvalue weighted by molar-refractivity contribution is 6.34. The Labute approximate surface area is 230 Å². The summed E-state index contributed by atoms with van der Waals surface area (Å²) in [6, 6.07) is 16.4. The predicted octanol–water partition coefficient (Wildman–Crippen LogP) is 8.30. The molecule has 1 heterocycles. The Balaban J connectivity index is 1.18. The first-order valence-corrected chi connectivity index (χ1v) is 13.6. The number of hydrogen-bond donors (Lipinski definition) is 1. The molecule has 8 heteroatoms. The van der Waals surface area contributed by atoms with Crippen molar-refractivity contribution in [3.8, 4) is 11.5 Å². The normalized spacial score (nSPS) is 24.0. The van der Waals surface area contributed by atoms with E-state index >= 15 is 0 Å². The van der Waals surface area contributed by atoms with Crippen LogP contribution in [0.1, 0.15) is 59.4 Å². The first-order chi connectivity index (χ1) is 19.1. The third-order valence-corrected chi connectivity index (χ3v) is 8.37. The molecule has 3 aliphatic rings. The zero-order valence-electron chi connectivity index (χ0n) is 22.2. The molecule has 2 amide bonds. The lowest BCUT2D eigenvalue weighted by atomic mass is 9.73. The zero-order chi connectivity index (χ0) is 28.2. The molecule has 2 aliphatic carbocycles. The number of nitrogens with one attached hydrogen (secondary N) is 1. The SMILES string of the molecule is CC1C=C(Nc2ccc(Oc3ccc4c(c3)C(=O)N(c3ccccc3C(F)(F)F)C4=O)cc2)[C@@H]2C[C@H](C)CC[C@@H]12. The number of para-hydroxylation sites is 1. The van der Waals surface area contributed by atoms with Gasteiger partial charge in [-0.1, -0.05) is 38.5 Å². The van der Waals surface area contributed by atoms with Gasteiger partial charge in [0.2, 0.25) is 0 Å². The summed E-state index contributed by atoms with van der Waals surface area (Å²) in [6.07, 6.45) is 1.40. The third kappa shape index (κ3) is 4.65. The number of benzene rings is 3. The molecule has 0 bridgehead atoms. The van der Waals surface area contributed by atoms with Crippen LogP contribution in [0.15, 0.2) is 78.5 Å². The summed E-state index contributed by atoms with van der Waals surface area (Å²) in [7, 11) is 0. The summed E-state index contributed by atoms with van der Waals surface area (Å²) >= 11 is 0. The van der Waals surface area contributed by atoms with E-state index in [1.165, 1.54) is 55.3 Å². The van der Waals surface area contributed by atoms with Crippen LogP contribution < -0.4 is 15.0 Å². The van der Waals surface area contributed by atoms with Gasteiger partial charge in [-0.2, -0.15) is 13.2 Å². The van der Waals surface area contributed by atoms with Crippen LogP contribution in [0.4, 0.5) is 24.5 Å². The minimum absolute atomic E-state index is 0.00341. The maximum atomic E-state index is 13.6. The second kappa shape index (κ2) is 9.84.